The van der Waals surface area contributed by atoms with Gasteiger partial charge in [0.05, 0.1) is 12.2 Å². The van der Waals surface area contributed by atoms with Crippen LogP contribution in [0.15, 0.2) is 22.6 Å². The molecule has 1 aliphatic heterocycles. The van der Waals surface area contributed by atoms with Crippen LogP contribution in [0.4, 0.5) is 18.9 Å². The molecule has 1 aliphatic rings. The van der Waals surface area contributed by atoms with Crippen LogP contribution in [0, 0.1) is 0 Å². The number of aliphatic hydroxyl groups is 1. The van der Waals surface area contributed by atoms with Crippen LogP contribution in [0.3, 0.4) is 0 Å². The quantitative estimate of drug-likeness (QED) is 0.836. The SMILES string of the molecule is CC1=Nc2c(c(-c3nccs3)cc(C(=O)N(C)CCO)c2OC(F)(F)F)C1. The normalized spacial score (nSPS) is 13.3. The van der Waals surface area contributed by atoms with Crippen molar-refractivity contribution < 1.29 is 27.8 Å². The number of likely N-dealkylation sites (N-methyl/N-ethyl adjacent to an activating group) is 1. The van der Waals surface area contributed by atoms with Crippen LogP contribution >= 0.6 is 11.3 Å². The highest BCUT2D eigenvalue weighted by Gasteiger charge is 2.37. The first-order valence-corrected chi connectivity index (χ1v) is 8.85. The second-order valence-corrected chi connectivity index (χ2v) is 6.88. The number of fused-ring (bicyclic) bond motifs is 1. The molecule has 0 spiro atoms. The largest absolute Gasteiger partial charge is 0.573 e. The number of aromatic nitrogens is 1. The smallest absolute Gasteiger partial charge is 0.403 e. The number of nitrogens with zero attached hydrogens (tertiary/aromatic N) is 3. The van der Waals surface area contributed by atoms with E-state index in [0.717, 1.165) is 4.90 Å². The van der Waals surface area contributed by atoms with E-state index in [9.17, 15) is 18.0 Å². The molecule has 6 nitrogen and oxygen atoms in total. The number of hydrogen-bond donors (Lipinski definition) is 1. The number of halogens is 3. The number of alkyl halides is 3. The van der Waals surface area contributed by atoms with E-state index in [4.69, 9.17) is 5.11 Å². The van der Waals surface area contributed by atoms with E-state index in [1.807, 2.05) is 0 Å². The molecule has 27 heavy (non-hydrogen) atoms. The molecule has 0 fully saturated rings. The molecule has 2 heterocycles. The minimum Gasteiger partial charge on any atom is -0.403 e. The summed E-state index contributed by atoms with van der Waals surface area (Å²) in [7, 11) is 1.39. The maximum Gasteiger partial charge on any atom is 0.573 e. The zero-order chi connectivity index (χ0) is 19.8. The molecule has 10 heteroatoms. The summed E-state index contributed by atoms with van der Waals surface area (Å²) in [5.41, 5.74) is 1.44. The lowest BCUT2D eigenvalue weighted by Gasteiger charge is -2.21. The highest BCUT2D eigenvalue weighted by molar-refractivity contribution is 7.13. The summed E-state index contributed by atoms with van der Waals surface area (Å²) in [5.74, 6) is -1.33. The zero-order valence-electron chi connectivity index (χ0n) is 14.5. The van der Waals surface area contributed by atoms with Crippen molar-refractivity contribution in [3.8, 4) is 16.3 Å². The summed E-state index contributed by atoms with van der Waals surface area (Å²) in [5, 5.41) is 11.4. The fraction of sp³-hybridized carbons (Fsp3) is 0.353. The molecule has 0 bridgehead atoms. The molecule has 1 aromatic carbocycles. The summed E-state index contributed by atoms with van der Waals surface area (Å²) in [6.07, 6.45) is -3.05. The van der Waals surface area contributed by atoms with Gasteiger partial charge < -0.3 is 14.7 Å². The van der Waals surface area contributed by atoms with Crippen LogP contribution in [0.25, 0.3) is 10.6 Å². The Labute approximate surface area is 156 Å². The van der Waals surface area contributed by atoms with E-state index < -0.39 is 18.0 Å². The lowest BCUT2D eigenvalue weighted by atomic mass is 9.98. The van der Waals surface area contributed by atoms with E-state index in [1.54, 1.807) is 18.5 Å². The van der Waals surface area contributed by atoms with Gasteiger partial charge in [0.25, 0.3) is 5.91 Å². The lowest BCUT2D eigenvalue weighted by Crippen LogP contribution is -2.30. The monoisotopic (exact) mass is 399 g/mol. The van der Waals surface area contributed by atoms with Gasteiger partial charge in [0.1, 0.15) is 10.7 Å². The second kappa shape index (κ2) is 7.28. The number of ether oxygens (including phenoxy) is 1. The Kier molecular flexibility index (Phi) is 5.20. The molecule has 0 unspecified atom stereocenters. The van der Waals surface area contributed by atoms with Gasteiger partial charge in [0.15, 0.2) is 5.75 Å². The maximum atomic E-state index is 13.0. The average Bonchev–Trinajstić information content (AvgIpc) is 3.22. The number of rotatable bonds is 5. The topological polar surface area (TPSA) is 75.0 Å². The number of aliphatic imine (C=N–C) groups is 1. The molecule has 0 radical (unpaired) electrons. The summed E-state index contributed by atoms with van der Waals surface area (Å²) in [4.78, 5) is 22.3. The molecule has 0 aliphatic carbocycles. The fourth-order valence-corrected chi connectivity index (χ4v) is 3.54. The van der Waals surface area contributed by atoms with E-state index in [-0.39, 0.29) is 24.4 Å². The standard InChI is InChI=1S/C17H16F3N3O3S/c1-9-7-10-11(15-21-3-6-27-15)8-12(16(25)23(2)4-5-24)14(13(10)22-9)26-17(18,19)20/h3,6,8,24H,4-5,7H2,1-2H3. The van der Waals surface area contributed by atoms with E-state index >= 15 is 0 Å². The van der Waals surface area contributed by atoms with Gasteiger partial charge in [-0.05, 0) is 18.6 Å². The number of aliphatic hydroxyl groups excluding tert-OH is 1. The Morgan fingerprint density at radius 3 is 2.78 bits per heavy atom. The van der Waals surface area contributed by atoms with Crippen LogP contribution in [0.2, 0.25) is 0 Å². The van der Waals surface area contributed by atoms with Crippen LogP contribution in [-0.2, 0) is 6.42 Å². The van der Waals surface area contributed by atoms with Gasteiger partial charge >= 0.3 is 6.36 Å². The Hall–Kier alpha value is -2.46. The van der Waals surface area contributed by atoms with Crippen molar-refractivity contribution in [2.45, 2.75) is 19.7 Å². The van der Waals surface area contributed by atoms with Crippen molar-refractivity contribution in [2.75, 3.05) is 20.2 Å². The van der Waals surface area contributed by atoms with Crippen LogP contribution < -0.4 is 4.74 Å². The van der Waals surface area contributed by atoms with Crippen LogP contribution in [0.1, 0.15) is 22.8 Å². The maximum absolute atomic E-state index is 13.0. The third kappa shape index (κ3) is 3.96. The highest BCUT2D eigenvalue weighted by Crippen LogP contribution is 2.47. The van der Waals surface area contributed by atoms with Gasteiger partial charge in [-0.15, -0.1) is 24.5 Å². The number of benzene rings is 1. The minimum absolute atomic E-state index is 0.00160. The van der Waals surface area contributed by atoms with Crippen molar-refractivity contribution in [3.05, 3.63) is 28.8 Å². The number of thiazole rings is 1. The number of amides is 1. The van der Waals surface area contributed by atoms with Gasteiger partial charge in [0, 0.05) is 42.9 Å². The van der Waals surface area contributed by atoms with Gasteiger partial charge in [-0.1, -0.05) is 0 Å². The molecule has 0 saturated carbocycles. The fourth-order valence-electron chi connectivity index (χ4n) is 2.85. The first-order chi connectivity index (χ1) is 12.7. The molecule has 0 atom stereocenters. The highest BCUT2D eigenvalue weighted by atomic mass is 32.1. The Balaban J connectivity index is 2.24. The number of carbonyl (C=O) groups is 1. The van der Waals surface area contributed by atoms with E-state index in [0.29, 0.717) is 28.3 Å². The molecular weight excluding hydrogens is 383 g/mol. The van der Waals surface area contributed by atoms with Crippen molar-refractivity contribution >= 4 is 28.6 Å². The molecule has 1 aromatic heterocycles. The molecule has 2 aromatic rings. The second-order valence-electron chi connectivity index (χ2n) is 5.99. The van der Waals surface area contributed by atoms with Gasteiger partial charge in [-0.25, -0.2) is 4.98 Å². The molecule has 0 saturated heterocycles. The average molecular weight is 399 g/mol. The Morgan fingerprint density at radius 2 is 2.19 bits per heavy atom. The summed E-state index contributed by atoms with van der Waals surface area (Å²) < 4.78 is 43.3. The first kappa shape index (κ1) is 19.3. The first-order valence-electron chi connectivity index (χ1n) is 7.97. The van der Waals surface area contributed by atoms with E-state index in [2.05, 4.69) is 14.7 Å². The third-order valence-electron chi connectivity index (χ3n) is 3.99. The predicted octanol–water partition coefficient (Wildman–Crippen LogP) is 3.42. The van der Waals surface area contributed by atoms with Crippen LogP contribution in [-0.4, -0.2) is 53.2 Å². The minimum atomic E-state index is -4.98. The van der Waals surface area contributed by atoms with Crippen molar-refractivity contribution in [3.63, 3.8) is 0 Å². The van der Waals surface area contributed by atoms with Crippen molar-refractivity contribution in [1.29, 1.82) is 0 Å². The van der Waals surface area contributed by atoms with Crippen LogP contribution in [0.5, 0.6) is 5.75 Å². The van der Waals surface area contributed by atoms with Crippen molar-refractivity contribution in [1.82, 2.24) is 9.88 Å². The molecule has 3 rings (SSSR count). The zero-order valence-corrected chi connectivity index (χ0v) is 15.3. The molecule has 144 valence electrons. The molecule has 1 amide bonds. The molecule has 1 N–H and O–H groups in total. The summed E-state index contributed by atoms with van der Waals surface area (Å²) >= 11 is 1.31. The lowest BCUT2D eigenvalue weighted by molar-refractivity contribution is -0.274. The van der Waals surface area contributed by atoms with E-state index in [1.165, 1.54) is 24.5 Å². The Morgan fingerprint density at radius 1 is 1.44 bits per heavy atom. The third-order valence-corrected chi connectivity index (χ3v) is 4.79. The molecular formula is C17H16F3N3O3S. The summed E-state index contributed by atoms with van der Waals surface area (Å²) in [6.45, 7) is 1.35. The van der Waals surface area contributed by atoms with Gasteiger partial charge in [-0.2, -0.15) is 0 Å². The van der Waals surface area contributed by atoms with Gasteiger partial charge in [-0.3, -0.25) is 9.79 Å². The Bertz CT molecular complexity index is 895. The summed E-state index contributed by atoms with van der Waals surface area (Å²) in [6, 6.07) is 1.36. The van der Waals surface area contributed by atoms with Crippen molar-refractivity contribution in [2.24, 2.45) is 4.99 Å². The number of hydrogen-bond acceptors (Lipinski definition) is 6. The van der Waals surface area contributed by atoms with Gasteiger partial charge in [0.2, 0.25) is 0 Å². The predicted molar refractivity (Wildman–Crippen MR) is 94.8 cm³/mol. The number of carbonyl (C=O) groups excluding carboxylic acids is 1.